The molecule has 0 saturated carbocycles. The van der Waals surface area contributed by atoms with E-state index in [4.69, 9.17) is 4.74 Å². The van der Waals surface area contributed by atoms with Gasteiger partial charge in [0.15, 0.2) is 5.82 Å². The molecule has 1 amide bonds. The number of rotatable bonds is 5. The minimum absolute atomic E-state index is 0.162. The van der Waals surface area contributed by atoms with Crippen LogP contribution in [0.25, 0.3) is 5.69 Å². The van der Waals surface area contributed by atoms with Crippen molar-refractivity contribution in [1.29, 1.82) is 0 Å². The van der Waals surface area contributed by atoms with Gasteiger partial charge in [-0.2, -0.15) is 4.68 Å². The van der Waals surface area contributed by atoms with Crippen molar-refractivity contribution in [2.24, 2.45) is 0 Å². The lowest BCUT2D eigenvalue weighted by atomic mass is 10.1. The number of hydrogen-bond acceptors (Lipinski definition) is 7. The number of amides is 1. The fourth-order valence-electron chi connectivity index (χ4n) is 3.51. The maximum atomic E-state index is 13.0. The molecule has 9 heteroatoms. The summed E-state index contributed by atoms with van der Waals surface area (Å²) in [6.45, 7) is 3.08. The summed E-state index contributed by atoms with van der Waals surface area (Å²) in [6.07, 6.45) is 0. The van der Waals surface area contributed by atoms with Crippen LogP contribution in [0.4, 0.5) is 0 Å². The Hall–Kier alpha value is -3.59. The number of benzene rings is 2. The first-order chi connectivity index (χ1) is 14.7. The van der Waals surface area contributed by atoms with E-state index in [1.54, 1.807) is 33.8 Å². The van der Waals surface area contributed by atoms with Crippen molar-refractivity contribution in [2.75, 3.05) is 33.3 Å². The summed E-state index contributed by atoms with van der Waals surface area (Å²) in [5.41, 5.74) is 1.56. The van der Waals surface area contributed by atoms with E-state index in [2.05, 4.69) is 20.4 Å². The van der Waals surface area contributed by atoms with Crippen molar-refractivity contribution in [3.05, 3.63) is 71.5 Å². The highest BCUT2D eigenvalue weighted by molar-refractivity contribution is 6.05. The van der Waals surface area contributed by atoms with Gasteiger partial charge in [-0.1, -0.05) is 30.3 Å². The van der Waals surface area contributed by atoms with Crippen LogP contribution in [0.5, 0.6) is 0 Å². The van der Waals surface area contributed by atoms with Gasteiger partial charge in [-0.25, -0.2) is 4.79 Å². The van der Waals surface area contributed by atoms with E-state index >= 15 is 0 Å². The number of aromatic nitrogens is 4. The number of hydrogen-bond donors (Lipinski definition) is 0. The average molecular weight is 406 g/mol. The van der Waals surface area contributed by atoms with Crippen LogP contribution >= 0.6 is 0 Å². The molecule has 4 rings (SSSR count). The lowest BCUT2D eigenvalue weighted by Crippen LogP contribution is -2.48. The Kier molecular flexibility index (Phi) is 5.80. The number of ether oxygens (including phenoxy) is 1. The molecule has 9 nitrogen and oxygen atoms in total. The molecule has 2 heterocycles. The second kappa shape index (κ2) is 8.83. The predicted molar refractivity (Wildman–Crippen MR) is 108 cm³/mol. The van der Waals surface area contributed by atoms with Crippen LogP contribution in [0.15, 0.2) is 54.6 Å². The molecule has 1 aliphatic heterocycles. The molecule has 2 aromatic carbocycles. The number of tetrazole rings is 1. The van der Waals surface area contributed by atoms with Gasteiger partial charge in [-0.05, 0) is 34.7 Å². The van der Waals surface area contributed by atoms with Gasteiger partial charge >= 0.3 is 5.97 Å². The molecule has 0 spiro atoms. The summed E-state index contributed by atoms with van der Waals surface area (Å²) < 4.78 is 6.53. The van der Waals surface area contributed by atoms with E-state index in [0.717, 1.165) is 11.5 Å². The van der Waals surface area contributed by atoms with Gasteiger partial charge in [0.1, 0.15) is 0 Å². The van der Waals surface area contributed by atoms with E-state index in [-0.39, 0.29) is 11.5 Å². The van der Waals surface area contributed by atoms with E-state index in [1.165, 1.54) is 7.11 Å². The van der Waals surface area contributed by atoms with Gasteiger partial charge in [0.05, 0.1) is 30.5 Å². The maximum Gasteiger partial charge on any atom is 0.338 e. The zero-order chi connectivity index (χ0) is 20.9. The van der Waals surface area contributed by atoms with Crippen molar-refractivity contribution in [1.82, 2.24) is 30.0 Å². The topological polar surface area (TPSA) is 93.5 Å². The summed E-state index contributed by atoms with van der Waals surface area (Å²) in [5.74, 6) is 0.0760. The van der Waals surface area contributed by atoms with Crippen molar-refractivity contribution in [2.45, 2.75) is 6.54 Å². The fourth-order valence-corrected chi connectivity index (χ4v) is 3.51. The molecule has 0 atom stereocenters. The number of piperazine rings is 1. The molecule has 1 saturated heterocycles. The molecule has 0 bridgehead atoms. The molecule has 0 radical (unpaired) electrons. The zero-order valence-electron chi connectivity index (χ0n) is 16.6. The molecular weight excluding hydrogens is 384 g/mol. The largest absolute Gasteiger partial charge is 0.465 e. The second-order valence-electron chi connectivity index (χ2n) is 6.95. The molecule has 0 aliphatic carbocycles. The van der Waals surface area contributed by atoms with Crippen LogP contribution in [0.2, 0.25) is 0 Å². The quantitative estimate of drug-likeness (QED) is 0.592. The predicted octanol–water partition coefficient (Wildman–Crippen LogP) is 1.41. The first-order valence-electron chi connectivity index (χ1n) is 9.69. The third-order valence-electron chi connectivity index (χ3n) is 5.12. The van der Waals surface area contributed by atoms with Gasteiger partial charge in [0.25, 0.3) is 5.91 Å². The molecule has 0 unspecified atom stereocenters. The van der Waals surface area contributed by atoms with E-state index in [1.807, 2.05) is 30.3 Å². The van der Waals surface area contributed by atoms with Crippen LogP contribution in [0.3, 0.4) is 0 Å². The third-order valence-corrected chi connectivity index (χ3v) is 5.12. The van der Waals surface area contributed by atoms with Crippen LogP contribution in [0, 0.1) is 0 Å². The number of methoxy groups -OCH3 is 1. The molecule has 154 valence electrons. The third kappa shape index (κ3) is 4.06. The highest BCUT2D eigenvalue weighted by atomic mass is 16.5. The Morgan fingerprint density at radius 3 is 2.30 bits per heavy atom. The lowest BCUT2D eigenvalue weighted by Gasteiger charge is -2.34. The Labute approximate surface area is 173 Å². The van der Waals surface area contributed by atoms with Crippen molar-refractivity contribution in [3.8, 4) is 5.69 Å². The Balaban J connectivity index is 1.40. The number of para-hydroxylation sites is 1. The minimum atomic E-state index is -0.509. The van der Waals surface area contributed by atoms with Gasteiger partial charge in [-0.3, -0.25) is 9.69 Å². The second-order valence-corrected chi connectivity index (χ2v) is 6.95. The molecule has 1 aliphatic rings. The normalized spacial score (nSPS) is 14.5. The monoisotopic (exact) mass is 406 g/mol. The number of carbonyl (C=O) groups excluding carboxylic acids is 2. The maximum absolute atomic E-state index is 13.0. The van der Waals surface area contributed by atoms with Crippen LogP contribution in [-0.4, -0.2) is 75.2 Å². The number of nitrogens with zero attached hydrogens (tertiary/aromatic N) is 6. The lowest BCUT2D eigenvalue weighted by molar-refractivity contribution is 0.0569. The fraction of sp³-hybridized carbons (Fsp3) is 0.286. The highest BCUT2D eigenvalue weighted by Crippen LogP contribution is 2.16. The van der Waals surface area contributed by atoms with E-state index in [0.29, 0.717) is 38.3 Å². The molecule has 1 fully saturated rings. The van der Waals surface area contributed by atoms with Crippen molar-refractivity contribution >= 4 is 11.9 Å². The summed E-state index contributed by atoms with van der Waals surface area (Å²) in [5, 5.41) is 12.1. The summed E-state index contributed by atoms with van der Waals surface area (Å²) in [4.78, 5) is 28.9. The van der Waals surface area contributed by atoms with Crippen molar-refractivity contribution < 1.29 is 14.3 Å². The Bertz CT molecular complexity index is 1030. The van der Waals surface area contributed by atoms with Crippen molar-refractivity contribution in [3.63, 3.8) is 0 Å². The number of carbonyl (C=O) groups is 2. The summed E-state index contributed by atoms with van der Waals surface area (Å²) in [7, 11) is 1.31. The molecule has 3 aromatic rings. The first kappa shape index (κ1) is 19.7. The smallest absolute Gasteiger partial charge is 0.338 e. The van der Waals surface area contributed by atoms with Gasteiger partial charge in [-0.15, -0.1) is 5.10 Å². The van der Waals surface area contributed by atoms with Gasteiger partial charge in [0, 0.05) is 26.2 Å². The summed E-state index contributed by atoms with van der Waals surface area (Å²) >= 11 is 0. The molecular formula is C21H22N6O3. The van der Waals surface area contributed by atoms with Crippen LogP contribution in [-0.2, 0) is 11.3 Å². The Morgan fingerprint density at radius 2 is 1.60 bits per heavy atom. The van der Waals surface area contributed by atoms with Gasteiger partial charge in [0.2, 0.25) is 0 Å². The minimum Gasteiger partial charge on any atom is -0.465 e. The zero-order valence-corrected chi connectivity index (χ0v) is 16.6. The Morgan fingerprint density at radius 1 is 0.933 bits per heavy atom. The van der Waals surface area contributed by atoms with E-state index < -0.39 is 5.97 Å². The highest BCUT2D eigenvalue weighted by Gasteiger charge is 2.26. The van der Waals surface area contributed by atoms with Crippen LogP contribution < -0.4 is 0 Å². The SMILES string of the molecule is COC(=O)c1ccccc1C(=O)N1CCN(Cc2nnnn2-c2ccccc2)CC1. The number of esters is 1. The molecule has 1 aromatic heterocycles. The molecule has 0 N–H and O–H groups in total. The van der Waals surface area contributed by atoms with Crippen LogP contribution in [0.1, 0.15) is 26.5 Å². The average Bonchev–Trinajstić information content (AvgIpc) is 3.27. The van der Waals surface area contributed by atoms with E-state index in [9.17, 15) is 9.59 Å². The molecule has 30 heavy (non-hydrogen) atoms. The van der Waals surface area contributed by atoms with Gasteiger partial charge < -0.3 is 9.64 Å². The summed E-state index contributed by atoms with van der Waals surface area (Å²) in [6, 6.07) is 16.5. The standard InChI is InChI=1S/C21H22N6O3/c1-30-21(29)18-10-6-5-9-17(18)20(28)26-13-11-25(12-14-26)15-19-22-23-24-27(19)16-7-3-2-4-8-16/h2-10H,11-15H2,1H3. The first-order valence-corrected chi connectivity index (χ1v) is 9.69.